The van der Waals surface area contributed by atoms with E-state index in [1.807, 2.05) is 38.2 Å². The molecule has 1 aliphatic rings. The number of nitrogens with zero attached hydrogens (tertiary/aromatic N) is 3. The molecule has 1 fully saturated rings. The Bertz CT molecular complexity index is 949. The molecule has 0 saturated carbocycles. The molecule has 2 aromatic heterocycles. The van der Waals surface area contributed by atoms with Gasteiger partial charge >= 0.3 is 0 Å². The van der Waals surface area contributed by atoms with Crippen LogP contribution in [-0.4, -0.2) is 26.8 Å². The van der Waals surface area contributed by atoms with Crippen LogP contribution in [0.1, 0.15) is 47.8 Å². The lowest BCUT2D eigenvalue weighted by Gasteiger charge is -2.35. The summed E-state index contributed by atoms with van der Waals surface area (Å²) in [6.45, 7) is 5.73. The molecule has 5 nitrogen and oxygen atoms in total. The SMILES string of the molecule is Cc1noc(-c2cn[nH]c2[C@H]2CCCCN2Cc2cccc(Cl)c2Cl)c1C. The molecule has 0 unspecified atom stereocenters. The third-order valence-electron chi connectivity index (χ3n) is 5.42. The molecule has 1 N–H and O–H groups in total. The van der Waals surface area contributed by atoms with Gasteiger partial charge in [-0.3, -0.25) is 10.00 Å². The summed E-state index contributed by atoms with van der Waals surface area (Å²) in [5.74, 6) is 0.794. The van der Waals surface area contributed by atoms with Crippen molar-refractivity contribution < 1.29 is 4.52 Å². The topological polar surface area (TPSA) is 58.0 Å². The van der Waals surface area contributed by atoms with E-state index in [9.17, 15) is 0 Å². The van der Waals surface area contributed by atoms with Gasteiger partial charge in [-0.25, -0.2) is 0 Å². The van der Waals surface area contributed by atoms with Crippen molar-refractivity contribution in [1.29, 1.82) is 0 Å². The van der Waals surface area contributed by atoms with E-state index < -0.39 is 0 Å². The van der Waals surface area contributed by atoms with Crippen LogP contribution in [0.25, 0.3) is 11.3 Å². The smallest absolute Gasteiger partial charge is 0.173 e. The minimum Gasteiger partial charge on any atom is -0.356 e. The molecule has 4 rings (SSSR count). The van der Waals surface area contributed by atoms with E-state index in [0.29, 0.717) is 10.0 Å². The Morgan fingerprint density at radius 1 is 1.26 bits per heavy atom. The molecule has 3 aromatic rings. The Hall–Kier alpha value is -1.82. The molecule has 27 heavy (non-hydrogen) atoms. The van der Waals surface area contributed by atoms with Gasteiger partial charge in [0.25, 0.3) is 0 Å². The molecule has 142 valence electrons. The number of hydrogen-bond acceptors (Lipinski definition) is 4. The number of likely N-dealkylation sites (tertiary alicyclic amines) is 1. The molecule has 0 bridgehead atoms. The maximum absolute atomic E-state index is 6.43. The second-order valence-electron chi connectivity index (χ2n) is 7.11. The van der Waals surface area contributed by atoms with Gasteiger partial charge in [0.15, 0.2) is 5.76 Å². The maximum atomic E-state index is 6.43. The van der Waals surface area contributed by atoms with Crippen LogP contribution in [-0.2, 0) is 6.54 Å². The first-order chi connectivity index (χ1) is 13.1. The van der Waals surface area contributed by atoms with Crippen molar-refractivity contribution >= 4 is 23.2 Å². The van der Waals surface area contributed by atoms with Gasteiger partial charge in [0.1, 0.15) is 0 Å². The summed E-state index contributed by atoms with van der Waals surface area (Å²) in [5, 5.41) is 12.9. The molecule has 0 amide bonds. The van der Waals surface area contributed by atoms with Gasteiger partial charge in [-0.05, 0) is 44.9 Å². The number of H-pyrrole nitrogens is 1. The third-order valence-corrected chi connectivity index (χ3v) is 6.28. The number of aryl methyl sites for hydroxylation is 1. The lowest BCUT2D eigenvalue weighted by molar-refractivity contribution is 0.137. The zero-order valence-electron chi connectivity index (χ0n) is 15.4. The summed E-state index contributed by atoms with van der Waals surface area (Å²) in [6, 6.07) is 6.03. The lowest BCUT2D eigenvalue weighted by atomic mass is 9.95. The predicted molar refractivity (Wildman–Crippen MR) is 107 cm³/mol. The number of nitrogens with one attached hydrogen (secondary N) is 1. The zero-order chi connectivity index (χ0) is 19.0. The standard InChI is InChI=1S/C20H22Cl2N4O/c1-12-13(2)25-27-20(12)15-10-23-24-19(15)17-8-3-4-9-26(17)11-14-6-5-7-16(21)18(14)22/h5-7,10,17H,3-4,8-9,11H2,1-2H3,(H,23,24)/t17-/m1/s1. The molecule has 1 aromatic carbocycles. The largest absolute Gasteiger partial charge is 0.356 e. The molecule has 0 radical (unpaired) electrons. The highest BCUT2D eigenvalue weighted by molar-refractivity contribution is 6.42. The van der Waals surface area contributed by atoms with Crippen LogP contribution in [0.15, 0.2) is 28.9 Å². The Kier molecular flexibility index (Phi) is 5.26. The highest BCUT2D eigenvalue weighted by atomic mass is 35.5. The van der Waals surface area contributed by atoms with Crippen LogP contribution in [0, 0.1) is 13.8 Å². The second kappa shape index (κ2) is 7.66. The van der Waals surface area contributed by atoms with E-state index in [4.69, 9.17) is 27.7 Å². The summed E-state index contributed by atoms with van der Waals surface area (Å²) in [5.41, 5.74) is 5.07. The van der Waals surface area contributed by atoms with Crippen molar-refractivity contribution in [2.45, 2.75) is 45.7 Å². The summed E-state index contributed by atoms with van der Waals surface area (Å²) in [6.07, 6.45) is 5.23. The van der Waals surface area contributed by atoms with E-state index in [2.05, 4.69) is 20.3 Å². The van der Waals surface area contributed by atoms with E-state index in [1.165, 1.54) is 12.8 Å². The Balaban J connectivity index is 1.67. The fraction of sp³-hybridized carbons (Fsp3) is 0.400. The number of aromatic amines is 1. The molecule has 0 aliphatic carbocycles. The van der Waals surface area contributed by atoms with Gasteiger partial charge in [0.2, 0.25) is 0 Å². The minimum atomic E-state index is 0.219. The van der Waals surface area contributed by atoms with Crippen molar-refractivity contribution in [1.82, 2.24) is 20.3 Å². The highest BCUT2D eigenvalue weighted by Crippen LogP contribution is 2.38. The summed E-state index contributed by atoms with van der Waals surface area (Å²) >= 11 is 12.6. The number of benzene rings is 1. The molecular weight excluding hydrogens is 383 g/mol. The molecule has 0 spiro atoms. The van der Waals surface area contributed by atoms with E-state index in [1.54, 1.807) is 0 Å². The molecule has 3 heterocycles. The fourth-order valence-corrected chi connectivity index (χ4v) is 4.17. The third kappa shape index (κ3) is 3.51. The van der Waals surface area contributed by atoms with Gasteiger partial charge in [0, 0.05) is 12.1 Å². The van der Waals surface area contributed by atoms with Crippen LogP contribution in [0.3, 0.4) is 0 Å². The molecule has 7 heteroatoms. The minimum absolute atomic E-state index is 0.219. The van der Waals surface area contributed by atoms with E-state index >= 15 is 0 Å². The Morgan fingerprint density at radius 2 is 2.11 bits per heavy atom. The summed E-state index contributed by atoms with van der Waals surface area (Å²) in [4.78, 5) is 2.44. The van der Waals surface area contributed by atoms with Crippen LogP contribution in [0.2, 0.25) is 10.0 Å². The van der Waals surface area contributed by atoms with E-state index in [0.717, 1.165) is 53.3 Å². The molecule has 1 atom stereocenters. The predicted octanol–water partition coefficient (Wildman–Crippen LogP) is 5.72. The number of piperidine rings is 1. The molecule has 1 saturated heterocycles. The van der Waals surface area contributed by atoms with Crippen molar-refractivity contribution in [3.05, 3.63) is 57.0 Å². The van der Waals surface area contributed by atoms with Gasteiger partial charge < -0.3 is 4.52 Å². The van der Waals surface area contributed by atoms with Crippen molar-refractivity contribution in [2.75, 3.05) is 6.54 Å². The van der Waals surface area contributed by atoms with Gasteiger partial charge in [-0.15, -0.1) is 0 Å². The Labute approximate surface area is 168 Å². The first kappa shape index (κ1) is 18.5. The number of hydrogen-bond donors (Lipinski definition) is 1. The quantitative estimate of drug-likeness (QED) is 0.604. The first-order valence-corrected chi connectivity index (χ1v) is 9.95. The van der Waals surface area contributed by atoms with Crippen molar-refractivity contribution in [3.63, 3.8) is 0 Å². The van der Waals surface area contributed by atoms with Gasteiger partial charge in [-0.2, -0.15) is 5.10 Å². The molecule has 1 aliphatic heterocycles. The van der Waals surface area contributed by atoms with Gasteiger partial charge in [-0.1, -0.05) is 46.9 Å². The number of aromatic nitrogens is 3. The monoisotopic (exact) mass is 404 g/mol. The average molecular weight is 405 g/mol. The average Bonchev–Trinajstić information content (AvgIpc) is 3.27. The maximum Gasteiger partial charge on any atom is 0.173 e. The van der Waals surface area contributed by atoms with Crippen LogP contribution < -0.4 is 0 Å². The normalized spacial score (nSPS) is 18.1. The fourth-order valence-electron chi connectivity index (χ4n) is 3.79. The highest BCUT2D eigenvalue weighted by Gasteiger charge is 2.30. The summed E-state index contributed by atoms with van der Waals surface area (Å²) in [7, 11) is 0. The van der Waals surface area contributed by atoms with E-state index in [-0.39, 0.29) is 6.04 Å². The molecular formula is C20H22Cl2N4O. The lowest BCUT2D eigenvalue weighted by Crippen LogP contribution is -2.33. The zero-order valence-corrected chi connectivity index (χ0v) is 16.9. The number of rotatable bonds is 4. The summed E-state index contributed by atoms with van der Waals surface area (Å²) < 4.78 is 5.59. The van der Waals surface area contributed by atoms with Crippen molar-refractivity contribution in [2.24, 2.45) is 0 Å². The van der Waals surface area contributed by atoms with Crippen LogP contribution in [0.4, 0.5) is 0 Å². The van der Waals surface area contributed by atoms with Crippen molar-refractivity contribution in [3.8, 4) is 11.3 Å². The van der Waals surface area contributed by atoms with Crippen LogP contribution >= 0.6 is 23.2 Å². The first-order valence-electron chi connectivity index (χ1n) is 9.19. The second-order valence-corrected chi connectivity index (χ2v) is 7.90. The van der Waals surface area contributed by atoms with Gasteiger partial charge in [0.05, 0.1) is 39.2 Å². The van der Waals surface area contributed by atoms with Crippen LogP contribution in [0.5, 0.6) is 0 Å². The Morgan fingerprint density at radius 3 is 2.89 bits per heavy atom. The number of halogens is 2.